The van der Waals surface area contributed by atoms with Crippen LogP contribution >= 0.6 is 23.7 Å². The Kier molecular flexibility index (Phi) is 5.34. The maximum atomic E-state index is 5.47. The van der Waals surface area contributed by atoms with Gasteiger partial charge in [-0.1, -0.05) is 30.3 Å². The van der Waals surface area contributed by atoms with Crippen LogP contribution < -0.4 is 5.32 Å². The molecule has 0 saturated carbocycles. The lowest BCUT2D eigenvalue weighted by molar-refractivity contribution is 0.0767. The lowest BCUT2D eigenvalue weighted by atomic mass is 10.1. The second-order valence-corrected chi connectivity index (χ2v) is 5.31. The summed E-state index contributed by atoms with van der Waals surface area (Å²) in [6.07, 6.45) is 0.908. The lowest BCUT2D eigenvalue weighted by Crippen LogP contribution is -2.34. The molecule has 0 aliphatic carbocycles. The van der Waals surface area contributed by atoms with Crippen LogP contribution in [0.4, 0.5) is 0 Å². The summed E-state index contributed by atoms with van der Waals surface area (Å²) >= 11 is 1.72. The van der Waals surface area contributed by atoms with Crippen molar-refractivity contribution in [3.63, 3.8) is 0 Å². The molecular formula is C14H17ClN2OS. The molecule has 0 bridgehead atoms. The van der Waals surface area contributed by atoms with E-state index in [4.69, 9.17) is 9.72 Å². The van der Waals surface area contributed by atoms with Crippen LogP contribution in [0, 0.1) is 0 Å². The fraction of sp³-hybridized carbons (Fsp3) is 0.357. The van der Waals surface area contributed by atoms with Gasteiger partial charge >= 0.3 is 0 Å². The van der Waals surface area contributed by atoms with Crippen LogP contribution in [0.15, 0.2) is 35.7 Å². The van der Waals surface area contributed by atoms with E-state index in [1.807, 2.05) is 6.07 Å². The van der Waals surface area contributed by atoms with Crippen LogP contribution in [0.25, 0.3) is 0 Å². The number of nitrogens with zero attached hydrogens (tertiary/aromatic N) is 1. The van der Waals surface area contributed by atoms with Crippen molar-refractivity contribution < 1.29 is 4.74 Å². The number of ether oxygens (including phenoxy) is 1. The third-order valence-corrected chi connectivity index (χ3v) is 4.02. The minimum Gasteiger partial charge on any atom is -0.378 e. The van der Waals surface area contributed by atoms with E-state index in [0.717, 1.165) is 36.9 Å². The monoisotopic (exact) mass is 296 g/mol. The van der Waals surface area contributed by atoms with Gasteiger partial charge in [-0.3, -0.25) is 0 Å². The Morgan fingerprint density at radius 1 is 1.32 bits per heavy atom. The average molecular weight is 297 g/mol. The zero-order valence-corrected chi connectivity index (χ0v) is 12.2. The number of rotatable bonds is 3. The van der Waals surface area contributed by atoms with Gasteiger partial charge in [0, 0.05) is 18.3 Å². The zero-order valence-electron chi connectivity index (χ0n) is 10.5. The highest BCUT2D eigenvalue weighted by Crippen LogP contribution is 2.21. The smallest absolute Gasteiger partial charge is 0.112 e. The summed E-state index contributed by atoms with van der Waals surface area (Å²) in [6.45, 7) is 2.45. The van der Waals surface area contributed by atoms with Crippen LogP contribution in [-0.4, -0.2) is 24.7 Å². The van der Waals surface area contributed by atoms with E-state index in [1.54, 1.807) is 11.3 Å². The highest BCUT2D eigenvalue weighted by Gasteiger charge is 2.18. The second kappa shape index (κ2) is 7.01. The Morgan fingerprint density at radius 2 is 2.16 bits per heavy atom. The molecular weight excluding hydrogens is 280 g/mol. The van der Waals surface area contributed by atoms with E-state index in [2.05, 4.69) is 35.0 Å². The summed E-state index contributed by atoms with van der Waals surface area (Å²) in [4.78, 5) is 4.71. The second-order valence-electron chi connectivity index (χ2n) is 4.42. The highest BCUT2D eigenvalue weighted by atomic mass is 35.5. The molecule has 0 radical (unpaired) electrons. The third kappa shape index (κ3) is 3.76. The predicted octanol–water partition coefficient (Wildman–Crippen LogP) is 2.82. The van der Waals surface area contributed by atoms with Gasteiger partial charge in [0.2, 0.25) is 0 Å². The van der Waals surface area contributed by atoms with Crippen molar-refractivity contribution in [2.45, 2.75) is 12.5 Å². The van der Waals surface area contributed by atoms with Gasteiger partial charge in [-0.2, -0.15) is 0 Å². The molecule has 1 fully saturated rings. The van der Waals surface area contributed by atoms with Crippen LogP contribution in [0.1, 0.15) is 22.3 Å². The normalized spacial score (nSPS) is 18.8. The van der Waals surface area contributed by atoms with Crippen molar-refractivity contribution in [3.05, 3.63) is 52.0 Å². The van der Waals surface area contributed by atoms with Gasteiger partial charge in [-0.05, 0) is 5.56 Å². The number of hydrogen-bond donors (Lipinski definition) is 1. The van der Waals surface area contributed by atoms with Crippen LogP contribution in [0.3, 0.4) is 0 Å². The molecule has 2 heterocycles. The molecule has 3 nitrogen and oxygen atoms in total. The number of morpholine rings is 1. The number of hydrogen-bond acceptors (Lipinski definition) is 4. The third-order valence-electron chi connectivity index (χ3n) is 3.02. The number of benzene rings is 1. The average Bonchev–Trinajstić information content (AvgIpc) is 2.89. The predicted molar refractivity (Wildman–Crippen MR) is 80.2 cm³/mol. The van der Waals surface area contributed by atoms with Gasteiger partial charge in [-0.25, -0.2) is 4.98 Å². The molecule has 1 saturated heterocycles. The summed E-state index contributed by atoms with van der Waals surface area (Å²) < 4.78 is 5.47. The zero-order chi connectivity index (χ0) is 12.2. The number of aromatic nitrogens is 1. The molecule has 1 aliphatic heterocycles. The molecule has 19 heavy (non-hydrogen) atoms. The molecule has 102 valence electrons. The summed E-state index contributed by atoms with van der Waals surface area (Å²) in [5.41, 5.74) is 2.45. The Balaban J connectivity index is 0.00000133. The van der Waals surface area contributed by atoms with E-state index >= 15 is 0 Å². The minimum atomic E-state index is 0. The largest absolute Gasteiger partial charge is 0.378 e. The van der Waals surface area contributed by atoms with Crippen molar-refractivity contribution in [3.8, 4) is 0 Å². The van der Waals surface area contributed by atoms with E-state index in [-0.39, 0.29) is 18.4 Å². The van der Waals surface area contributed by atoms with Gasteiger partial charge in [0.25, 0.3) is 0 Å². The first kappa shape index (κ1) is 14.5. The van der Waals surface area contributed by atoms with Gasteiger partial charge < -0.3 is 10.1 Å². The molecule has 1 N–H and O–H groups in total. The molecule has 1 aliphatic rings. The Bertz CT molecular complexity index is 497. The molecule has 1 aromatic heterocycles. The Morgan fingerprint density at radius 3 is 2.89 bits per heavy atom. The fourth-order valence-electron chi connectivity index (χ4n) is 2.09. The van der Waals surface area contributed by atoms with Crippen LogP contribution in [0.2, 0.25) is 0 Å². The lowest BCUT2D eigenvalue weighted by Gasteiger charge is -2.21. The molecule has 0 spiro atoms. The first-order valence-corrected chi connectivity index (χ1v) is 7.09. The van der Waals surface area contributed by atoms with Crippen molar-refractivity contribution >= 4 is 23.7 Å². The standard InChI is InChI=1S/C14H16N2OS.ClH/c1-2-4-11(5-3-1)8-12-10-18-14(16-12)13-9-17-7-6-15-13;/h1-5,10,13,15H,6-9H2;1H. The first-order chi connectivity index (χ1) is 8.92. The highest BCUT2D eigenvalue weighted by molar-refractivity contribution is 7.09. The number of thiazole rings is 1. The van der Waals surface area contributed by atoms with Crippen LogP contribution in [0.5, 0.6) is 0 Å². The molecule has 3 rings (SSSR count). The molecule has 2 aromatic rings. The summed E-state index contributed by atoms with van der Waals surface area (Å²) in [6, 6.07) is 10.7. The quantitative estimate of drug-likeness (QED) is 0.946. The van der Waals surface area contributed by atoms with Crippen LogP contribution in [-0.2, 0) is 11.2 Å². The fourth-order valence-corrected chi connectivity index (χ4v) is 2.97. The molecule has 0 amide bonds. The Labute approximate surface area is 123 Å². The minimum absolute atomic E-state index is 0. The summed E-state index contributed by atoms with van der Waals surface area (Å²) in [5, 5.41) is 6.73. The number of nitrogens with one attached hydrogen (secondary N) is 1. The maximum absolute atomic E-state index is 5.47. The molecule has 1 aromatic carbocycles. The molecule has 5 heteroatoms. The van der Waals surface area contributed by atoms with Crippen molar-refractivity contribution in [2.24, 2.45) is 0 Å². The molecule has 1 atom stereocenters. The first-order valence-electron chi connectivity index (χ1n) is 6.21. The SMILES string of the molecule is Cl.c1ccc(Cc2csc(C3COCCN3)n2)cc1. The topological polar surface area (TPSA) is 34.1 Å². The van der Waals surface area contributed by atoms with E-state index in [1.165, 1.54) is 5.56 Å². The summed E-state index contributed by atoms with van der Waals surface area (Å²) in [7, 11) is 0. The van der Waals surface area contributed by atoms with E-state index in [0.29, 0.717) is 0 Å². The van der Waals surface area contributed by atoms with Crippen molar-refractivity contribution in [1.82, 2.24) is 10.3 Å². The van der Waals surface area contributed by atoms with Gasteiger partial charge in [0.15, 0.2) is 0 Å². The van der Waals surface area contributed by atoms with Gasteiger partial charge in [0.1, 0.15) is 5.01 Å². The van der Waals surface area contributed by atoms with E-state index < -0.39 is 0 Å². The summed E-state index contributed by atoms with van der Waals surface area (Å²) in [5.74, 6) is 0. The maximum Gasteiger partial charge on any atom is 0.112 e. The van der Waals surface area contributed by atoms with Crippen molar-refractivity contribution in [1.29, 1.82) is 0 Å². The Hall–Kier alpha value is -0.940. The van der Waals surface area contributed by atoms with Gasteiger partial charge in [-0.15, -0.1) is 23.7 Å². The van der Waals surface area contributed by atoms with Crippen molar-refractivity contribution in [2.75, 3.05) is 19.8 Å². The van der Waals surface area contributed by atoms with Gasteiger partial charge in [0.05, 0.1) is 24.9 Å². The number of halogens is 1. The molecule has 1 unspecified atom stereocenters. The van der Waals surface area contributed by atoms with E-state index in [9.17, 15) is 0 Å².